The molecule has 8 heteroatoms. The Morgan fingerprint density at radius 3 is 2.82 bits per heavy atom. The molecule has 2 aromatic carbocycles. The summed E-state index contributed by atoms with van der Waals surface area (Å²) in [5, 5.41) is 12.6. The maximum Gasteiger partial charge on any atom is 0.573 e. The van der Waals surface area contributed by atoms with Gasteiger partial charge in [0.25, 0.3) is 0 Å². The summed E-state index contributed by atoms with van der Waals surface area (Å²) >= 11 is 0. The van der Waals surface area contributed by atoms with Crippen LogP contribution in [-0.4, -0.2) is 26.3 Å². The summed E-state index contributed by atoms with van der Waals surface area (Å²) in [6.45, 7) is 0.801. The van der Waals surface area contributed by atoms with Crippen LogP contribution in [0.4, 0.5) is 13.2 Å². The topological polar surface area (TPSA) is 55.7 Å². The monoisotopic (exact) mass is 384 g/mol. The molecule has 1 aliphatic rings. The summed E-state index contributed by atoms with van der Waals surface area (Å²) < 4.78 is 43.9. The molecule has 0 fully saturated rings. The van der Waals surface area contributed by atoms with Gasteiger partial charge in [0.15, 0.2) is 0 Å². The number of nitrogens with one attached hydrogen (secondary N) is 1. The molecule has 0 spiro atoms. The van der Waals surface area contributed by atoms with E-state index in [1.165, 1.54) is 12.1 Å². The molecule has 0 amide bonds. The summed E-state index contributed by atoms with van der Waals surface area (Å²) in [7, 11) is 0. The van der Waals surface area contributed by atoms with E-state index in [2.05, 4.69) is 14.9 Å². The zero-order chi connectivity index (χ0) is 19.3. The van der Waals surface area contributed by atoms with Crippen LogP contribution in [-0.2, 0) is 13.0 Å². The van der Waals surface area contributed by atoms with Gasteiger partial charge in [0.2, 0.25) is 0 Å². The van der Waals surface area contributed by atoms with E-state index in [4.69, 9.17) is 5.10 Å². The van der Waals surface area contributed by atoms with Gasteiger partial charge in [-0.05, 0) is 42.7 Å². The predicted molar refractivity (Wildman–Crippen MR) is 97.8 cm³/mol. The van der Waals surface area contributed by atoms with Crippen molar-refractivity contribution >= 4 is 10.9 Å². The molecule has 0 saturated carbocycles. The summed E-state index contributed by atoms with van der Waals surface area (Å²) in [4.78, 5) is 0. The Hall–Kier alpha value is -3.29. The fourth-order valence-corrected chi connectivity index (χ4v) is 3.78. The lowest BCUT2D eigenvalue weighted by molar-refractivity contribution is -0.274. The van der Waals surface area contributed by atoms with Gasteiger partial charge in [-0.1, -0.05) is 18.2 Å². The third-order valence-electron chi connectivity index (χ3n) is 4.91. The van der Waals surface area contributed by atoms with Crippen LogP contribution in [0.1, 0.15) is 12.1 Å². The number of ether oxygens (including phenoxy) is 1. The van der Waals surface area contributed by atoms with E-state index >= 15 is 0 Å². The van der Waals surface area contributed by atoms with Crippen LogP contribution in [0.2, 0.25) is 0 Å². The van der Waals surface area contributed by atoms with Crippen molar-refractivity contribution in [1.82, 2.24) is 20.0 Å². The summed E-state index contributed by atoms with van der Waals surface area (Å²) in [6.07, 6.45) is -1.10. The van der Waals surface area contributed by atoms with Gasteiger partial charge in [0, 0.05) is 28.8 Å². The molecule has 0 saturated heterocycles. The number of hydrogen-bond acceptors (Lipinski definition) is 3. The van der Waals surface area contributed by atoms with E-state index in [-0.39, 0.29) is 5.75 Å². The Labute approximate surface area is 157 Å². The molecule has 0 bridgehead atoms. The molecule has 5 nitrogen and oxygen atoms in total. The van der Waals surface area contributed by atoms with Crippen molar-refractivity contribution in [3.63, 3.8) is 0 Å². The van der Waals surface area contributed by atoms with E-state index in [0.29, 0.717) is 11.3 Å². The van der Waals surface area contributed by atoms with Crippen LogP contribution >= 0.6 is 0 Å². The van der Waals surface area contributed by atoms with Gasteiger partial charge in [0.1, 0.15) is 11.4 Å². The number of rotatable bonds is 3. The van der Waals surface area contributed by atoms with Crippen molar-refractivity contribution in [2.45, 2.75) is 25.7 Å². The minimum Gasteiger partial charge on any atom is -0.406 e. The lowest BCUT2D eigenvalue weighted by Crippen LogP contribution is -2.17. The zero-order valence-electron chi connectivity index (χ0n) is 14.6. The number of benzene rings is 2. The number of nitrogens with zero attached hydrogens (tertiary/aromatic N) is 3. The third kappa shape index (κ3) is 2.90. The molecular formula is C20H15F3N4O. The standard InChI is InChI=1S/C20H15F3N4O/c21-20(22,23)28-15-4-1-3-13(10-15)19-18(17-5-2-8-27(17)26-19)12-6-7-16-14(9-12)11-24-25-16/h1,3-4,6-7,9-11H,2,5,8H2,(H,24,25). The highest BCUT2D eigenvalue weighted by Crippen LogP contribution is 2.39. The van der Waals surface area contributed by atoms with Gasteiger partial charge in [0.05, 0.1) is 11.7 Å². The first kappa shape index (κ1) is 16.9. The molecule has 28 heavy (non-hydrogen) atoms. The SMILES string of the molecule is FC(F)(F)Oc1cccc(-c2nn3c(c2-c2ccc4[nH]ncc4c2)CCC3)c1. The fourth-order valence-electron chi connectivity index (χ4n) is 3.78. The Morgan fingerprint density at radius 1 is 1.07 bits per heavy atom. The van der Waals surface area contributed by atoms with Crippen LogP contribution in [0.15, 0.2) is 48.7 Å². The van der Waals surface area contributed by atoms with Gasteiger partial charge in [-0.15, -0.1) is 13.2 Å². The van der Waals surface area contributed by atoms with Crippen molar-refractivity contribution < 1.29 is 17.9 Å². The van der Waals surface area contributed by atoms with Crippen LogP contribution in [0.5, 0.6) is 5.75 Å². The van der Waals surface area contributed by atoms with E-state index in [1.54, 1.807) is 18.3 Å². The number of fused-ring (bicyclic) bond motifs is 2. The number of aryl methyl sites for hydroxylation is 1. The van der Waals surface area contributed by atoms with Crippen LogP contribution < -0.4 is 4.74 Å². The first-order valence-electron chi connectivity index (χ1n) is 8.87. The van der Waals surface area contributed by atoms with Crippen LogP contribution in [0.3, 0.4) is 0 Å². The zero-order valence-corrected chi connectivity index (χ0v) is 14.6. The number of aromatic amines is 1. The van der Waals surface area contributed by atoms with Gasteiger partial charge in [-0.25, -0.2) is 0 Å². The second-order valence-corrected chi connectivity index (χ2v) is 6.74. The number of H-pyrrole nitrogens is 1. The third-order valence-corrected chi connectivity index (χ3v) is 4.91. The van der Waals surface area contributed by atoms with Gasteiger partial charge in [-0.3, -0.25) is 9.78 Å². The first-order chi connectivity index (χ1) is 13.5. The molecule has 2 aromatic heterocycles. The molecular weight excluding hydrogens is 369 g/mol. The predicted octanol–water partition coefficient (Wildman–Crippen LogP) is 4.94. The van der Waals surface area contributed by atoms with Crippen molar-refractivity contribution in [2.24, 2.45) is 0 Å². The Balaban J connectivity index is 1.66. The molecule has 0 radical (unpaired) electrons. The molecule has 0 unspecified atom stereocenters. The number of halogens is 3. The Morgan fingerprint density at radius 2 is 1.96 bits per heavy atom. The minimum atomic E-state index is -4.73. The van der Waals surface area contributed by atoms with Gasteiger partial charge < -0.3 is 4.74 Å². The largest absolute Gasteiger partial charge is 0.573 e. The first-order valence-corrected chi connectivity index (χ1v) is 8.87. The maximum absolute atomic E-state index is 12.6. The van der Waals surface area contributed by atoms with Crippen molar-refractivity contribution in [2.75, 3.05) is 0 Å². The summed E-state index contributed by atoms with van der Waals surface area (Å²) in [5.74, 6) is -0.255. The molecule has 3 heterocycles. The number of hydrogen-bond donors (Lipinski definition) is 1. The van der Waals surface area contributed by atoms with E-state index in [9.17, 15) is 13.2 Å². The lowest BCUT2D eigenvalue weighted by Gasteiger charge is -2.10. The molecule has 5 rings (SSSR count). The van der Waals surface area contributed by atoms with Crippen LogP contribution in [0, 0.1) is 0 Å². The second kappa shape index (κ2) is 6.12. The summed E-state index contributed by atoms with van der Waals surface area (Å²) in [5.41, 5.74) is 5.18. The lowest BCUT2D eigenvalue weighted by atomic mass is 9.97. The van der Waals surface area contributed by atoms with Crippen molar-refractivity contribution in [3.05, 3.63) is 54.4 Å². The van der Waals surface area contributed by atoms with Crippen molar-refractivity contribution in [3.8, 4) is 28.1 Å². The highest BCUT2D eigenvalue weighted by Gasteiger charge is 2.31. The Kier molecular flexibility index (Phi) is 3.68. The van der Waals surface area contributed by atoms with Crippen molar-refractivity contribution in [1.29, 1.82) is 0 Å². The number of alkyl halides is 3. The molecule has 1 N–H and O–H groups in total. The Bertz CT molecular complexity index is 1180. The highest BCUT2D eigenvalue weighted by molar-refractivity contribution is 5.89. The summed E-state index contributed by atoms with van der Waals surface area (Å²) in [6, 6.07) is 11.9. The van der Waals surface area contributed by atoms with Crippen LogP contribution in [0.25, 0.3) is 33.3 Å². The van der Waals surface area contributed by atoms with E-state index in [1.807, 2.05) is 22.9 Å². The fraction of sp³-hybridized carbons (Fsp3) is 0.200. The number of aromatic nitrogens is 4. The average Bonchev–Trinajstić information content (AvgIpc) is 3.35. The minimum absolute atomic E-state index is 0.255. The normalized spacial score (nSPS) is 13.8. The molecule has 4 aromatic rings. The van der Waals surface area contributed by atoms with E-state index < -0.39 is 6.36 Å². The second-order valence-electron chi connectivity index (χ2n) is 6.74. The molecule has 0 aliphatic carbocycles. The van der Waals surface area contributed by atoms with Gasteiger partial charge in [-0.2, -0.15) is 10.2 Å². The molecule has 0 atom stereocenters. The highest BCUT2D eigenvalue weighted by atomic mass is 19.4. The maximum atomic E-state index is 12.6. The average molecular weight is 384 g/mol. The van der Waals surface area contributed by atoms with E-state index in [0.717, 1.165) is 47.1 Å². The smallest absolute Gasteiger partial charge is 0.406 e. The van der Waals surface area contributed by atoms with Gasteiger partial charge >= 0.3 is 6.36 Å². The quantitative estimate of drug-likeness (QED) is 0.544. The molecule has 142 valence electrons. The molecule has 1 aliphatic heterocycles.